The predicted molar refractivity (Wildman–Crippen MR) is 69.6 cm³/mol. The Hall–Kier alpha value is -1.28. The van der Waals surface area contributed by atoms with Crippen LogP contribution in [0.25, 0.3) is 0 Å². The summed E-state index contributed by atoms with van der Waals surface area (Å²) in [5.74, 6) is -0.537. The Morgan fingerprint density at radius 2 is 2.06 bits per heavy atom. The van der Waals surface area contributed by atoms with Gasteiger partial charge in [-0.25, -0.2) is 0 Å². The Morgan fingerprint density at radius 1 is 1.39 bits per heavy atom. The van der Waals surface area contributed by atoms with Gasteiger partial charge in [-0.15, -0.1) is 0 Å². The summed E-state index contributed by atoms with van der Waals surface area (Å²) in [6, 6.07) is 7.27. The lowest BCUT2D eigenvalue weighted by molar-refractivity contribution is -0.247. The number of ether oxygens (including phenoxy) is 2. The first-order chi connectivity index (χ1) is 8.50. The molecule has 1 fully saturated rings. The highest BCUT2D eigenvalue weighted by Gasteiger charge is 2.28. The van der Waals surface area contributed by atoms with Crippen LogP contribution in [-0.4, -0.2) is 25.0 Å². The summed E-state index contributed by atoms with van der Waals surface area (Å²) in [6.45, 7) is 4.82. The first-order valence-corrected chi connectivity index (χ1v) is 6.12. The summed E-state index contributed by atoms with van der Waals surface area (Å²) in [5.41, 5.74) is 1.27. The molecule has 0 radical (unpaired) electrons. The van der Waals surface area contributed by atoms with E-state index in [0.717, 1.165) is 0 Å². The minimum Gasteiger partial charge on any atom is -0.377 e. The minimum atomic E-state index is -0.537. The Kier molecular flexibility index (Phi) is 3.76. The summed E-state index contributed by atoms with van der Waals surface area (Å²) < 4.78 is 11.1. The molecule has 1 heterocycles. The fraction of sp³-hybridized carbons (Fsp3) is 0.462. The molecule has 0 amide bonds. The van der Waals surface area contributed by atoms with Crippen molar-refractivity contribution in [2.45, 2.75) is 25.7 Å². The van der Waals surface area contributed by atoms with Crippen LogP contribution in [0.5, 0.6) is 0 Å². The quantitative estimate of drug-likeness (QED) is 0.894. The maximum absolute atomic E-state index is 9.03. The molecule has 0 aliphatic carbocycles. The summed E-state index contributed by atoms with van der Waals surface area (Å²) >= 11 is 5.92. The number of nitriles is 1. The molecular formula is C13H15ClN2O2. The summed E-state index contributed by atoms with van der Waals surface area (Å²) in [7, 11) is 0. The number of nitrogens with zero attached hydrogens (tertiary/aromatic N) is 1. The van der Waals surface area contributed by atoms with Crippen LogP contribution in [0.2, 0.25) is 5.02 Å². The topological polar surface area (TPSA) is 54.3 Å². The van der Waals surface area contributed by atoms with E-state index < -0.39 is 5.79 Å². The van der Waals surface area contributed by atoms with Gasteiger partial charge in [-0.1, -0.05) is 11.6 Å². The summed E-state index contributed by atoms with van der Waals surface area (Å²) in [4.78, 5) is 0. The number of halogens is 1. The third-order valence-corrected chi connectivity index (χ3v) is 2.96. The summed E-state index contributed by atoms with van der Waals surface area (Å²) in [6.07, 6.45) is 0. The van der Waals surface area contributed by atoms with Crippen LogP contribution in [0.3, 0.4) is 0 Å². The van der Waals surface area contributed by atoms with Gasteiger partial charge in [0.25, 0.3) is 0 Å². The van der Waals surface area contributed by atoms with Gasteiger partial charge >= 0.3 is 0 Å². The predicted octanol–water partition coefficient (Wildman–Crippen LogP) is 2.78. The Balaban J connectivity index is 2.07. The number of anilines is 1. The van der Waals surface area contributed by atoms with Crippen molar-refractivity contribution in [2.75, 3.05) is 18.5 Å². The Labute approximate surface area is 111 Å². The maximum atomic E-state index is 9.03. The van der Waals surface area contributed by atoms with Crippen molar-refractivity contribution in [3.8, 4) is 6.07 Å². The smallest absolute Gasteiger partial charge is 0.162 e. The average Bonchev–Trinajstić information content (AvgIpc) is 2.32. The standard InChI is InChI=1S/C13H15ClN2O2/c1-13(2)17-7-11(8-18-13)16-12-5-10(14)4-3-9(12)6-15/h3-5,11,16H,7-8H2,1-2H3. The van der Waals surface area contributed by atoms with Crippen molar-refractivity contribution < 1.29 is 9.47 Å². The van der Waals surface area contributed by atoms with Crippen molar-refractivity contribution >= 4 is 17.3 Å². The van der Waals surface area contributed by atoms with Gasteiger partial charge in [0.1, 0.15) is 6.07 Å². The maximum Gasteiger partial charge on any atom is 0.162 e. The fourth-order valence-electron chi connectivity index (χ4n) is 1.73. The van der Waals surface area contributed by atoms with Crippen molar-refractivity contribution in [1.29, 1.82) is 5.26 Å². The molecule has 1 aromatic rings. The fourth-order valence-corrected chi connectivity index (χ4v) is 1.90. The molecule has 1 aromatic carbocycles. The van der Waals surface area contributed by atoms with Crippen LogP contribution >= 0.6 is 11.6 Å². The molecule has 0 aromatic heterocycles. The van der Waals surface area contributed by atoms with Crippen molar-refractivity contribution in [3.63, 3.8) is 0 Å². The van der Waals surface area contributed by atoms with Gasteiger partial charge in [0.2, 0.25) is 0 Å². The molecule has 1 aliphatic heterocycles. The second-order valence-corrected chi connectivity index (χ2v) is 5.10. The van der Waals surface area contributed by atoms with E-state index >= 15 is 0 Å². The van der Waals surface area contributed by atoms with E-state index in [-0.39, 0.29) is 6.04 Å². The van der Waals surface area contributed by atoms with Crippen LogP contribution in [0, 0.1) is 11.3 Å². The van der Waals surface area contributed by atoms with Gasteiger partial charge in [-0.3, -0.25) is 0 Å². The van der Waals surface area contributed by atoms with Gasteiger partial charge in [-0.2, -0.15) is 5.26 Å². The molecule has 5 heteroatoms. The van der Waals surface area contributed by atoms with Gasteiger partial charge in [0.15, 0.2) is 5.79 Å². The Morgan fingerprint density at radius 3 is 2.67 bits per heavy atom. The number of hydrogen-bond donors (Lipinski definition) is 1. The molecule has 1 N–H and O–H groups in total. The Bertz CT molecular complexity index is 472. The molecule has 96 valence electrons. The van der Waals surface area contributed by atoms with Crippen molar-refractivity contribution in [2.24, 2.45) is 0 Å². The molecule has 0 saturated carbocycles. The van der Waals surface area contributed by atoms with E-state index in [9.17, 15) is 0 Å². The zero-order chi connectivity index (χ0) is 13.2. The van der Waals surface area contributed by atoms with E-state index in [4.69, 9.17) is 26.3 Å². The first-order valence-electron chi connectivity index (χ1n) is 5.74. The van der Waals surface area contributed by atoms with E-state index in [2.05, 4.69) is 11.4 Å². The highest BCUT2D eigenvalue weighted by molar-refractivity contribution is 6.30. The number of benzene rings is 1. The number of hydrogen-bond acceptors (Lipinski definition) is 4. The van der Waals surface area contributed by atoms with E-state index in [0.29, 0.717) is 29.5 Å². The molecule has 1 saturated heterocycles. The molecule has 0 bridgehead atoms. The lowest BCUT2D eigenvalue weighted by Crippen LogP contribution is -2.45. The lowest BCUT2D eigenvalue weighted by atomic mass is 10.1. The van der Waals surface area contributed by atoms with Gasteiger partial charge in [0, 0.05) is 5.02 Å². The summed E-state index contributed by atoms with van der Waals surface area (Å²) in [5, 5.41) is 12.8. The minimum absolute atomic E-state index is 0.0172. The van der Waals surface area contributed by atoms with E-state index in [1.54, 1.807) is 18.2 Å². The number of rotatable bonds is 2. The van der Waals surface area contributed by atoms with Crippen LogP contribution in [0.1, 0.15) is 19.4 Å². The lowest BCUT2D eigenvalue weighted by Gasteiger charge is -2.35. The monoisotopic (exact) mass is 266 g/mol. The largest absolute Gasteiger partial charge is 0.377 e. The molecule has 0 atom stereocenters. The van der Waals surface area contributed by atoms with Crippen LogP contribution < -0.4 is 5.32 Å². The van der Waals surface area contributed by atoms with E-state index in [1.807, 2.05) is 13.8 Å². The van der Waals surface area contributed by atoms with Crippen molar-refractivity contribution in [3.05, 3.63) is 28.8 Å². The third-order valence-electron chi connectivity index (χ3n) is 2.73. The van der Waals surface area contributed by atoms with Crippen LogP contribution in [0.15, 0.2) is 18.2 Å². The first kappa shape index (κ1) is 13.2. The third kappa shape index (κ3) is 3.14. The van der Waals surface area contributed by atoms with Crippen molar-refractivity contribution in [1.82, 2.24) is 0 Å². The highest BCUT2D eigenvalue weighted by atomic mass is 35.5. The zero-order valence-corrected chi connectivity index (χ0v) is 11.1. The molecule has 18 heavy (non-hydrogen) atoms. The van der Waals surface area contributed by atoms with Gasteiger partial charge in [-0.05, 0) is 32.0 Å². The zero-order valence-electron chi connectivity index (χ0n) is 10.4. The number of nitrogens with one attached hydrogen (secondary N) is 1. The molecule has 1 aliphatic rings. The molecule has 0 unspecified atom stereocenters. The second kappa shape index (κ2) is 5.15. The van der Waals surface area contributed by atoms with Crippen LogP contribution in [-0.2, 0) is 9.47 Å². The van der Waals surface area contributed by atoms with Crippen LogP contribution in [0.4, 0.5) is 5.69 Å². The van der Waals surface area contributed by atoms with Gasteiger partial charge < -0.3 is 14.8 Å². The second-order valence-electron chi connectivity index (χ2n) is 4.66. The molecule has 2 rings (SSSR count). The van der Waals surface area contributed by atoms with Gasteiger partial charge in [0.05, 0.1) is 30.5 Å². The highest BCUT2D eigenvalue weighted by Crippen LogP contribution is 2.24. The molecule has 0 spiro atoms. The molecular weight excluding hydrogens is 252 g/mol. The SMILES string of the molecule is CC1(C)OCC(Nc2cc(Cl)ccc2C#N)CO1. The normalized spacial score (nSPS) is 19.2. The molecule has 4 nitrogen and oxygen atoms in total. The average molecular weight is 267 g/mol. The van der Waals surface area contributed by atoms with E-state index in [1.165, 1.54) is 0 Å².